The smallest absolute Gasteiger partial charge is 0.413 e. The second-order valence-corrected chi connectivity index (χ2v) is 11.1. The molecule has 4 heterocycles. The second kappa shape index (κ2) is 10.6. The zero-order valence-electron chi connectivity index (χ0n) is 20.9. The number of aromatic nitrogens is 1. The maximum absolute atomic E-state index is 13.5. The van der Waals surface area contributed by atoms with Crippen LogP contribution in [0.3, 0.4) is 0 Å². The molecule has 0 bridgehead atoms. The highest BCUT2D eigenvalue weighted by atomic mass is 32.2. The molecular weight excluding hydrogens is 532 g/mol. The summed E-state index contributed by atoms with van der Waals surface area (Å²) in [5.74, 6) is 0.103. The Labute approximate surface area is 224 Å². The predicted molar refractivity (Wildman–Crippen MR) is 134 cm³/mol. The summed E-state index contributed by atoms with van der Waals surface area (Å²) >= 11 is 0. The van der Waals surface area contributed by atoms with Crippen LogP contribution < -0.4 is 19.5 Å². The predicted octanol–water partition coefficient (Wildman–Crippen LogP) is 1.09. The van der Waals surface area contributed by atoms with Crippen molar-refractivity contribution in [2.45, 2.75) is 44.3 Å². The van der Waals surface area contributed by atoms with Crippen LogP contribution in [0.5, 0.6) is 17.2 Å². The van der Waals surface area contributed by atoms with E-state index < -0.39 is 57.6 Å². The fraction of sp³-hybridized carbons (Fsp3) is 0.400. The van der Waals surface area contributed by atoms with Gasteiger partial charge in [0.15, 0.2) is 17.3 Å². The number of likely N-dealkylation sites (tertiary alicyclic amines) is 1. The summed E-state index contributed by atoms with van der Waals surface area (Å²) in [6.07, 6.45) is 2.65. The molecule has 5 rings (SSSR count). The summed E-state index contributed by atoms with van der Waals surface area (Å²) in [5, 5.41) is 1.40. The minimum Gasteiger partial charge on any atom is -0.454 e. The summed E-state index contributed by atoms with van der Waals surface area (Å²) in [7, 11) is -4.53. The van der Waals surface area contributed by atoms with Crippen LogP contribution in [0.4, 0.5) is 4.79 Å². The van der Waals surface area contributed by atoms with E-state index >= 15 is 0 Å². The molecule has 2 aromatic rings. The molecule has 1 aromatic carbocycles. The van der Waals surface area contributed by atoms with Crippen molar-refractivity contribution >= 4 is 32.9 Å². The Bertz CT molecular complexity index is 1420. The van der Waals surface area contributed by atoms with E-state index in [4.69, 9.17) is 14.2 Å². The van der Waals surface area contributed by atoms with Crippen molar-refractivity contribution in [2.24, 2.45) is 0 Å². The number of benzene rings is 1. The van der Waals surface area contributed by atoms with Crippen LogP contribution in [0, 0.1) is 0 Å². The molecule has 3 atom stereocenters. The van der Waals surface area contributed by atoms with E-state index in [2.05, 4.69) is 10.3 Å². The second-order valence-electron chi connectivity index (χ2n) is 9.27. The number of sulfonamides is 1. The number of hydrogen-bond acceptors (Lipinski definition) is 10. The Morgan fingerprint density at radius 3 is 2.74 bits per heavy atom. The van der Waals surface area contributed by atoms with E-state index in [0.717, 1.165) is 10.5 Å². The molecular formula is C25H26N4O9S. The SMILES string of the molecule is CCCC(NC(=O)Oc1ccc2c(c1)OCO2)C(=O)N1CCC2C1C(=O)CN2S(=O)(=O)C(=O)c1cccnc1. The van der Waals surface area contributed by atoms with Gasteiger partial charge in [0, 0.05) is 25.0 Å². The molecule has 0 spiro atoms. The third-order valence-corrected chi connectivity index (χ3v) is 8.54. The van der Waals surface area contributed by atoms with Crippen LogP contribution in [0.2, 0.25) is 0 Å². The number of ketones is 1. The average molecular weight is 559 g/mol. The lowest BCUT2D eigenvalue weighted by Crippen LogP contribution is -2.53. The Hall–Kier alpha value is -4.04. The monoisotopic (exact) mass is 558 g/mol. The van der Waals surface area contributed by atoms with E-state index in [1.54, 1.807) is 6.07 Å². The number of Topliss-reactive ketones (excluding diaryl/α,β-unsaturated/α-hetero) is 1. The van der Waals surface area contributed by atoms with Crippen molar-refractivity contribution in [3.05, 3.63) is 48.3 Å². The van der Waals surface area contributed by atoms with Gasteiger partial charge in [-0.3, -0.25) is 19.4 Å². The standard InChI is InChI=1S/C25H26N4O9S/c1-2-4-17(27-25(33)38-16-6-7-20-21(11-16)37-14-36-20)23(31)28-10-8-18-22(28)19(30)13-29(18)39(34,35)24(32)15-5-3-9-26-12-15/h3,5-7,9,11-12,17-18,22H,2,4,8,10,13-14H2,1H3,(H,27,33). The minimum atomic E-state index is -4.53. The molecule has 1 N–H and O–H groups in total. The van der Waals surface area contributed by atoms with Gasteiger partial charge in [0.2, 0.25) is 12.7 Å². The van der Waals surface area contributed by atoms with Gasteiger partial charge in [-0.2, -0.15) is 4.31 Å². The van der Waals surface area contributed by atoms with Gasteiger partial charge in [-0.05, 0) is 37.1 Å². The van der Waals surface area contributed by atoms with E-state index in [-0.39, 0.29) is 37.5 Å². The Balaban J connectivity index is 1.28. The number of nitrogens with one attached hydrogen (secondary N) is 1. The van der Waals surface area contributed by atoms with Crippen molar-refractivity contribution in [2.75, 3.05) is 19.9 Å². The van der Waals surface area contributed by atoms with E-state index in [1.165, 1.54) is 35.4 Å². The third kappa shape index (κ3) is 5.04. The Morgan fingerprint density at radius 2 is 2.00 bits per heavy atom. The van der Waals surface area contributed by atoms with E-state index in [9.17, 15) is 27.6 Å². The number of fused-ring (bicyclic) bond motifs is 2. The zero-order chi connectivity index (χ0) is 27.7. The summed E-state index contributed by atoms with van der Waals surface area (Å²) in [6, 6.07) is 4.43. The minimum absolute atomic E-state index is 0.0606. The van der Waals surface area contributed by atoms with Gasteiger partial charge >= 0.3 is 6.09 Å². The van der Waals surface area contributed by atoms with Gasteiger partial charge < -0.3 is 24.4 Å². The largest absolute Gasteiger partial charge is 0.454 e. The number of rotatable bonds is 7. The first-order valence-electron chi connectivity index (χ1n) is 12.4. The molecule has 3 unspecified atom stereocenters. The topological polar surface area (TPSA) is 162 Å². The molecule has 3 aliphatic heterocycles. The molecule has 3 aliphatic rings. The summed E-state index contributed by atoms with van der Waals surface area (Å²) < 4.78 is 42.9. The van der Waals surface area contributed by atoms with E-state index in [1.807, 2.05) is 6.92 Å². The molecule has 0 aliphatic carbocycles. The quantitative estimate of drug-likeness (QED) is 0.521. The van der Waals surface area contributed by atoms with Crippen LogP contribution in [0.15, 0.2) is 42.7 Å². The van der Waals surface area contributed by atoms with Gasteiger partial charge in [0.05, 0.1) is 18.2 Å². The summed E-state index contributed by atoms with van der Waals surface area (Å²) in [5.41, 5.74) is -0.118. The number of nitrogens with zero attached hydrogens (tertiary/aromatic N) is 3. The lowest BCUT2D eigenvalue weighted by Gasteiger charge is -2.28. The summed E-state index contributed by atoms with van der Waals surface area (Å²) in [4.78, 5) is 56.9. The molecule has 206 valence electrons. The molecule has 14 heteroatoms. The lowest BCUT2D eigenvalue weighted by atomic mass is 10.1. The molecule has 2 fully saturated rings. The van der Waals surface area contributed by atoms with Crippen LogP contribution in [-0.2, 0) is 19.6 Å². The summed E-state index contributed by atoms with van der Waals surface area (Å²) in [6.45, 7) is 1.46. The van der Waals surface area contributed by atoms with Crippen LogP contribution in [0.1, 0.15) is 36.5 Å². The highest BCUT2D eigenvalue weighted by Crippen LogP contribution is 2.35. The third-order valence-electron chi connectivity index (χ3n) is 6.82. The van der Waals surface area contributed by atoms with Crippen molar-refractivity contribution in [3.8, 4) is 17.2 Å². The number of ether oxygens (including phenoxy) is 3. The molecule has 2 saturated heterocycles. The average Bonchev–Trinajstić information content (AvgIpc) is 3.65. The van der Waals surface area contributed by atoms with Crippen LogP contribution in [0.25, 0.3) is 0 Å². The first kappa shape index (κ1) is 26.6. The maximum Gasteiger partial charge on any atom is 0.413 e. The highest BCUT2D eigenvalue weighted by molar-refractivity contribution is 8.04. The van der Waals surface area contributed by atoms with Gasteiger partial charge in [0.1, 0.15) is 17.8 Å². The van der Waals surface area contributed by atoms with Crippen LogP contribution >= 0.6 is 0 Å². The number of carbonyl (C=O) groups is 4. The first-order valence-corrected chi connectivity index (χ1v) is 13.8. The fourth-order valence-electron chi connectivity index (χ4n) is 5.05. The van der Waals surface area contributed by atoms with Gasteiger partial charge in [-0.25, -0.2) is 13.2 Å². The lowest BCUT2D eigenvalue weighted by molar-refractivity contribution is -0.138. The van der Waals surface area contributed by atoms with E-state index in [0.29, 0.717) is 17.9 Å². The van der Waals surface area contributed by atoms with Crippen molar-refractivity contribution in [1.82, 2.24) is 19.5 Å². The maximum atomic E-state index is 13.5. The first-order chi connectivity index (χ1) is 18.7. The Kier molecular flexibility index (Phi) is 7.23. The van der Waals surface area contributed by atoms with Crippen molar-refractivity contribution in [1.29, 1.82) is 0 Å². The molecule has 39 heavy (non-hydrogen) atoms. The molecule has 2 amide bonds. The molecule has 1 aromatic heterocycles. The molecule has 0 saturated carbocycles. The van der Waals surface area contributed by atoms with Gasteiger partial charge in [-0.15, -0.1) is 0 Å². The number of pyridine rings is 1. The number of hydrogen-bond donors (Lipinski definition) is 1. The fourth-order valence-corrected chi connectivity index (χ4v) is 6.55. The number of carbonyl (C=O) groups excluding carboxylic acids is 4. The zero-order valence-corrected chi connectivity index (χ0v) is 21.8. The Morgan fingerprint density at radius 1 is 1.21 bits per heavy atom. The van der Waals surface area contributed by atoms with Gasteiger partial charge in [0.25, 0.3) is 15.1 Å². The van der Waals surface area contributed by atoms with Crippen LogP contribution in [-0.4, -0.2) is 83.5 Å². The normalized spacial score (nSPS) is 20.9. The van der Waals surface area contributed by atoms with Crippen molar-refractivity contribution < 1.29 is 41.8 Å². The molecule has 13 nitrogen and oxygen atoms in total. The number of amides is 2. The van der Waals surface area contributed by atoms with Gasteiger partial charge in [-0.1, -0.05) is 13.3 Å². The van der Waals surface area contributed by atoms with Crippen molar-refractivity contribution in [3.63, 3.8) is 0 Å². The highest BCUT2D eigenvalue weighted by Gasteiger charge is 2.55. The molecule has 0 radical (unpaired) electrons.